The van der Waals surface area contributed by atoms with Gasteiger partial charge in [-0.3, -0.25) is 28.8 Å². The fourth-order valence-corrected chi connectivity index (χ4v) is 4.81. The number of Topliss-reactive ketones (excluding diaryl/α,β-unsaturated/α-hetero) is 4. The van der Waals surface area contributed by atoms with Crippen LogP contribution in [0.3, 0.4) is 0 Å². The molecule has 0 aromatic heterocycles. The summed E-state index contributed by atoms with van der Waals surface area (Å²) < 4.78 is 9.28. The maximum absolute atomic E-state index is 10.6. The average Bonchev–Trinajstić information content (AvgIpc) is 3.48. The molecule has 0 spiro atoms. The van der Waals surface area contributed by atoms with E-state index in [9.17, 15) is 28.8 Å². The zero-order valence-electron chi connectivity index (χ0n) is 25.8. The van der Waals surface area contributed by atoms with E-state index in [-0.39, 0.29) is 11.9 Å². The SMILES string of the molecule is CC1CC(=O)C1.CC1CCCC1=O.CCC1CC(=O)C1.O=C1CCCCC1.O=C1CCCCCO1.O=C1CCCO1. The molecule has 0 aromatic carbocycles. The number of cyclic esters (lactones) is 2. The molecule has 0 amide bonds. The van der Waals surface area contributed by atoms with Gasteiger partial charge in [-0.15, -0.1) is 0 Å². The molecule has 1 atom stereocenters. The lowest BCUT2D eigenvalue weighted by molar-refractivity contribution is -0.142. The summed E-state index contributed by atoms with van der Waals surface area (Å²) in [4.78, 5) is 61.9. The van der Waals surface area contributed by atoms with Crippen LogP contribution in [0.4, 0.5) is 0 Å². The predicted molar refractivity (Wildman–Crippen MR) is 157 cm³/mol. The van der Waals surface area contributed by atoms with Crippen LogP contribution in [0.15, 0.2) is 0 Å². The number of esters is 2. The molecule has 6 aliphatic rings. The third-order valence-electron chi connectivity index (χ3n) is 7.86. The Balaban J connectivity index is 0.000000247. The number of carbonyl (C=O) groups is 6. The van der Waals surface area contributed by atoms with Crippen molar-refractivity contribution in [3.63, 3.8) is 0 Å². The van der Waals surface area contributed by atoms with Crippen LogP contribution >= 0.6 is 0 Å². The summed E-state index contributed by atoms with van der Waals surface area (Å²) in [5.41, 5.74) is 0. The van der Waals surface area contributed by atoms with Crippen LogP contribution in [0.25, 0.3) is 0 Å². The second-order valence-corrected chi connectivity index (χ2v) is 12.0. The van der Waals surface area contributed by atoms with Gasteiger partial charge in [0, 0.05) is 63.7 Å². The largest absolute Gasteiger partial charge is 0.466 e. The van der Waals surface area contributed by atoms with Crippen molar-refractivity contribution in [1.82, 2.24) is 0 Å². The monoisotopic (exact) mass is 578 g/mol. The number of carbonyl (C=O) groups excluding carboxylic acids is 6. The van der Waals surface area contributed by atoms with Gasteiger partial charge in [0.1, 0.15) is 23.1 Å². The summed E-state index contributed by atoms with van der Waals surface area (Å²) in [5.74, 6) is 3.54. The maximum atomic E-state index is 10.6. The van der Waals surface area contributed by atoms with E-state index >= 15 is 0 Å². The van der Waals surface area contributed by atoms with Crippen LogP contribution in [0.2, 0.25) is 0 Å². The molecule has 0 bridgehead atoms. The molecule has 234 valence electrons. The molecule has 2 aliphatic heterocycles. The van der Waals surface area contributed by atoms with Crippen molar-refractivity contribution in [2.24, 2.45) is 17.8 Å². The molecule has 4 aliphatic carbocycles. The molecular formula is C33H54O8. The molecular weight excluding hydrogens is 524 g/mol. The van der Waals surface area contributed by atoms with Crippen LogP contribution in [-0.4, -0.2) is 48.3 Å². The molecule has 0 N–H and O–H groups in total. The normalized spacial score (nSPS) is 23.8. The highest BCUT2D eigenvalue weighted by molar-refractivity contribution is 5.84. The van der Waals surface area contributed by atoms with Gasteiger partial charge in [-0.25, -0.2) is 0 Å². The highest BCUT2D eigenvalue weighted by Gasteiger charge is 2.23. The minimum absolute atomic E-state index is 0.0255. The first kappa shape index (κ1) is 36.6. The predicted octanol–water partition coefficient (Wildman–Crippen LogP) is 6.68. The van der Waals surface area contributed by atoms with E-state index in [0.29, 0.717) is 61.0 Å². The lowest BCUT2D eigenvalue weighted by Gasteiger charge is -2.21. The third-order valence-corrected chi connectivity index (χ3v) is 7.86. The lowest BCUT2D eigenvalue weighted by atomic mass is 9.82. The van der Waals surface area contributed by atoms with Crippen molar-refractivity contribution in [1.29, 1.82) is 0 Å². The Labute approximate surface area is 247 Å². The minimum Gasteiger partial charge on any atom is -0.466 e. The number of ether oxygens (including phenoxy) is 2. The Hall–Kier alpha value is -2.38. The highest BCUT2D eigenvalue weighted by atomic mass is 16.5. The van der Waals surface area contributed by atoms with Crippen LogP contribution in [0.5, 0.6) is 0 Å². The van der Waals surface area contributed by atoms with Crippen molar-refractivity contribution >= 4 is 35.1 Å². The van der Waals surface area contributed by atoms with Crippen molar-refractivity contribution in [2.45, 2.75) is 143 Å². The molecule has 4 saturated carbocycles. The van der Waals surface area contributed by atoms with Crippen LogP contribution in [0, 0.1) is 17.8 Å². The number of hydrogen-bond acceptors (Lipinski definition) is 8. The van der Waals surface area contributed by atoms with Crippen LogP contribution in [0.1, 0.15) is 143 Å². The highest BCUT2D eigenvalue weighted by Crippen LogP contribution is 2.25. The molecule has 41 heavy (non-hydrogen) atoms. The number of hydrogen-bond donors (Lipinski definition) is 0. The van der Waals surface area contributed by atoms with E-state index in [1.54, 1.807) is 0 Å². The molecule has 6 rings (SSSR count). The van der Waals surface area contributed by atoms with Gasteiger partial charge in [-0.05, 0) is 63.2 Å². The van der Waals surface area contributed by atoms with E-state index < -0.39 is 0 Å². The zero-order chi connectivity index (χ0) is 30.5. The smallest absolute Gasteiger partial charge is 0.305 e. The number of ketones is 4. The van der Waals surface area contributed by atoms with Crippen molar-refractivity contribution < 1.29 is 38.2 Å². The Morgan fingerprint density at radius 1 is 0.561 bits per heavy atom. The Bertz CT molecular complexity index is 791. The van der Waals surface area contributed by atoms with Gasteiger partial charge in [-0.1, -0.05) is 33.6 Å². The van der Waals surface area contributed by atoms with Crippen LogP contribution < -0.4 is 0 Å². The molecule has 0 radical (unpaired) electrons. The quantitative estimate of drug-likeness (QED) is 0.316. The Kier molecular flexibility index (Phi) is 19.9. The average molecular weight is 579 g/mol. The third kappa shape index (κ3) is 19.4. The Morgan fingerprint density at radius 3 is 1.37 bits per heavy atom. The Morgan fingerprint density at radius 2 is 1.07 bits per heavy atom. The fourth-order valence-electron chi connectivity index (χ4n) is 4.81. The standard InChI is InChI=1S/C6H10O2.3C6H10O.C5H8O.C4H6O2/c7-6-4-2-1-3-5-8-6;1-5-3-2-4-6(5)7;1-2-5-3-6(7)4-5;7-6-4-2-1-3-5-6;1-4-2-5(6)3-4;5-4-2-1-3-6-4/h1-5H2;2*5H,2-4H2,1H3;1-5H2;4H,2-3H2,1H3;1-3H2. The van der Waals surface area contributed by atoms with Crippen LogP contribution in [-0.2, 0) is 38.2 Å². The molecule has 2 saturated heterocycles. The van der Waals surface area contributed by atoms with Gasteiger partial charge in [0.15, 0.2) is 0 Å². The molecule has 8 nitrogen and oxygen atoms in total. The maximum Gasteiger partial charge on any atom is 0.305 e. The van der Waals surface area contributed by atoms with Crippen molar-refractivity contribution in [3.8, 4) is 0 Å². The van der Waals surface area contributed by atoms with Crippen molar-refractivity contribution in [3.05, 3.63) is 0 Å². The van der Waals surface area contributed by atoms with Gasteiger partial charge in [0.05, 0.1) is 13.2 Å². The van der Waals surface area contributed by atoms with E-state index in [4.69, 9.17) is 4.74 Å². The topological polar surface area (TPSA) is 121 Å². The van der Waals surface area contributed by atoms with E-state index in [2.05, 4.69) is 18.6 Å². The van der Waals surface area contributed by atoms with Gasteiger partial charge >= 0.3 is 11.9 Å². The summed E-state index contributed by atoms with van der Waals surface area (Å²) in [6.07, 6.45) is 18.3. The van der Waals surface area contributed by atoms with Gasteiger partial charge in [-0.2, -0.15) is 0 Å². The zero-order valence-corrected chi connectivity index (χ0v) is 25.8. The second kappa shape index (κ2) is 22.2. The first-order chi connectivity index (χ1) is 19.6. The van der Waals surface area contributed by atoms with Gasteiger partial charge in [0.2, 0.25) is 0 Å². The van der Waals surface area contributed by atoms with E-state index in [1.807, 2.05) is 6.92 Å². The minimum atomic E-state index is -0.0463. The molecule has 2 heterocycles. The first-order valence-electron chi connectivity index (χ1n) is 16.0. The van der Waals surface area contributed by atoms with Gasteiger partial charge < -0.3 is 9.47 Å². The molecule has 0 aromatic rings. The summed E-state index contributed by atoms with van der Waals surface area (Å²) in [6.45, 7) is 7.52. The summed E-state index contributed by atoms with van der Waals surface area (Å²) in [5, 5.41) is 0. The summed E-state index contributed by atoms with van der Waals surface area (Å²) in [6, 6.07) is 0. The lowest BCUT2D eigenvalue weighted by Crippen LogP contribution is -2.21. The van der Waals surface area contributed by atoms with Gasteiger partial charge in [0.25, 0.3) is 0 Å². The fraction of sp³-hybridized carbons (Fsp3) is 0.818. The number of rotatable bonds is 1. The molecule has 8 heteroatoms. The summed E-state index contributed by atoms with van der Waals surface area (Å²) >= 11 is 0. The van der Waals surface area contributed by atoms with E-state index in [0.717, 1.165) is 102 Å². The van der Waals surface area contributed by atoms with Crippen molar-refractivity contribution in [2.75, 3.05) is 13.2 Å². The second-order valence-electron chi connectivity index (χ2n) is 12.0. The molecule has 6 fully saturated rings. The molecule has 1 unspecified atom stereocenters. The first-order valence-corrected chi connectivity index (χ1v) is 16.0. The summed E-state index contributed by atoms with van der Waals surface area (Å²) in [7, 11) is 0. The van der Waals surface area contributed by atoms with E-state index in [1.165, 1.54) is 12.8 Å².